The second kappa shape index (κ2) is 5.24. The third kappa shape index (κ3) is 2.35. The smallest absolute Gasteiger partial charge is 0.128 e. The van der Waals surface area contributed by atoms with Crippen LogP contribution in [0.25, 0.3) is 0 Å². The molecule has 1 aromatic heterocycles. The Morgan fingerprint density at radius 2 is 2.28 bits per heavy atom. The number of pyridine rings is 1. The van der Waals surface area contributed by atoms with Crippen molar-refractivity contribution >= 4 is 5.82 Å². The zero-order chi connectivity index (χ0) is 13.2. The maximum atomic E-state index is 6.06. The second-order valence-corrected chi connectivity index (χ2v) is 5.27. The van der Waals surface area contributed by atoms with Gasteiger partial charge in [0, 0.05) is 18.4 Å². The van der Waals surface area contributed by atoms with Crippen LogP contribution in [0.1, 0.15) is 43.4 Å². The maximum Gasteiger partial charge on any atom is 0.128 e. The van der Waals surface area contributed by atoms with Crippen LogP contribution < -0.4 is 11.1 Å². The van der Waals surface area contributed by atoms with Gasteiger partial charge < -0.3 is 15.8 Å². The number of hydrogen-bond donors (Lipinski definition) is 2. The molecule has 100 valence electrons. The molecule has 0 saturated carbocycles. The Morgan fingerprint density at radius 3 is 2.83 bits per heavy atom. The molecule has 0 radical (unpaired) electrons. The van der Waals surface area contributed by atoms with E-state index in [1.807, 2.05) is 13.1 Å². The number of anilines is 1. The monoisotopic (exact) mass is 249 g/mol. The first-order valence-corrected chi connectivity index (χ1v) is 6.60. The Balaban J connectivity index is 2.38. The molecule has 0 spiro atoms. The number of nitrogen functional groups attached to an aromatic ring is 1. The summed E-state index contributed by atoms with van der Waals surface area (Å²) in [5.41, 5.74) is 8.09. The van der Waals surface area contributed by atoms with Gasteiger partial charge in [0.15, 0.2) is 0 Å². The van der Waals surface area contributed by atoms with E-state index in [2.05, 4.69) is 24.1 Å². The van der Waals surface area contributed by atoms with Gasteiger partial charge in [-0.3, -0.25) is 0 Å². The van der Waals surface area contributed by atoms with Crippen LogP contribution in [0, 0.1) is 6.92 Å². The van der Waals surface area contributed by atoms with Crippen LogP contribution in [-0.4, -0.2) is 24.2 Å². The minimum absolute atomic E-state index is 0.0894. The highest BCUT2D eigenvalue weighted by atomic mass is 16.5. The van der Waals surface area contributed by atoms with Crippen molar-refractivity contribution in [3.8, 4) is 0 Å². The number of rotatable bonds is 3. The van der Waals surface area contributed by atoms with Gasteiger partial charge in [0.25, 0.3) is 0 Å². The van der Waals surface area contributed by atoms with Crippen LogP contribution in [0.15, 0.2) is 12.3 Å². The molecular formula is C14H23N3O. The molecule has 18 heavy (non-hydrogen) atoms. The normalized spacial score (nSPS) is 25.9. The summed E-state index contributed by atoms with van der Waals surface area (Å²) in [6.45, 7) is 5.07. The van der Waals surface area contributed by atoms with E-state index in [1.165, 1.54) is 6.42 Å². The lowest BCUT2D eigenvalue weighted by atomic mass is 9.83. The Bertz CT molecular complexity index is 393. The quantitative estimate of drug-likeness (QED) is 0.862. The number of ether oxygens (including phenoxy) is 1. The molecule has 2 rings (SSSR count). The average molecular weight is 249 g/mol. The van der Waals surface area contributed by atoms with Crippen LogP contribution >= 0.6 is 0 Å². The van der Waals surface area contributed by atoms with Crippen LogP contribution in [0.3, 0.4) is 0 Å². The fraction of sp³-hybridized carbons (Fsp3) is 0.643. The molecule has 1 fully saturated rings. The predicted octanol–water partition coefficient (Wildman–Crippen LogP) is 2.19. The minimum atomic E-state index is -0.199. The van der Waals surface area contributed by atoms with Crippen molar-refractivity contribution in [2.75, 3.05) is 19.4 Å². The molecule has 2 atom stereocenters. The number of aryl methyl sites for hydroxylation is 1. The zero-order valence-corrected chi connectivity index (χ0v) is 11.5. The standard InChI is InChI=1S/C14H23N3O/c1-10-6-8-17-13(15)11(10)12(16-3)14(2)7-4-5-9-18-14/h6,8,12,16H,4-5,7,9H2,1-3H3,(H2,15,17). The lowest BCUT2D eigenvalue weighted by Crippen LogP contribution is -2.45. The molecule has 2 unspecified atom stereocenters. The Hall–Kier alpha value is -1.13. The molecule has 4 heteroatoms. The maximum absolute atomic E-state index is 6.06. The van der Waals surface area contributed by atoms with Crippen molar-refractivity contribution in [3.05, 3.63) is 23.4 Å². The molecule has 1 aromatic rings. The van der Waals surface area contributed by atoms with E-state index in [0.717, 1.165) is 30.6 Å². The lowest BCUT2D eigenvalue weighted by molar-refractivity contribution is -0.0884. The topological polar surface area (TPSA) is 60.2 Å². The highest BCUT2D eigenvalue weighted by Gasteiger charge is 2.38. The largest absolute Gasteiger partial charge is 0.383 e. The van der Waals surface area contributed by atoms with Gasteiger partial charge in [-0.25, -0.2) is 4.98 Å². The van der Waals surface area contributed by atoms with Gasteiger partial charge in [0.1, 0.15) is 5.82 Å². The number of aromatic nitrogens is 1. The number of hydrogen-bond acceptors (Lipinski definition) is 4. The molecule has 3 N–H and O–H groups in total. The summed E-state index contributed by atoms with van der Waals surface area (Å²) in [4.78, 5) is 4.22. The number of nitrogens with one attached hydrogen (secondary N) is 1. The summed E-state index contributed by atoms with van der Waals surface area (Å²) in [7, 11) is 1.96. The number of nitrogens with two attached hydrogens (primary N) is 1. The van der Waals surface area contributed by atoms with Gasteiger partial charge in [-0.05, 0) is 51.8 Å². The summed E-state index contributed by atoms with van der Waals surface area (Å²) < 4.78 is 6.04. The molecule has 1 saturated heterocycles. The summed E-state index contributed by atoms with van der Waals surface area (Å²) >= 11 is 0. The predicted molar refractivity (Wildman–Crippen MR) is 73.4 cm³/mol. The molecule has 0 aromatic carbocycles. The summed E-state index contributed by atoms with van der Waals surface area (Å²) in [5.74, 6) is 0.602. The van der Waals surface area contributed by atoms with Crippen LogP contribution in [-0.2, 0) is 4.74 Å². The van der Waals surface area contributed by atoms with Crippen LogP contribution in [0.4, 0.5) is 5.82 Å². The molecule has 0 bridgehead atoms. The Kier molecular flexibility index (Phi) is 3.88. The van der Waals surface area contributed by atoms with Gasteiger partial charge >= 0.3 is 0 Å². The van der Waals surface area contributed by atoms with Crippen molar-refractivity contribution in [1.29, 1.82) is 0 Å². The molecule has 0 amide bonds. The molecule has 2 heterocycles. The molecule has 4 nitrogen and oxygen atoms in total. The first-order chi connectivity index (χ1) is 8.58. The van der Waals surface area contributed by atoms with Crippen molar-refractivity contribution in [3.63, 3.8) is 0 Å². The molecular weight excluding hydrogens is 226 g/mol. The fourth-order valence-electron chi connectivity index (χ4n) is 2.90. The molecule has 1 aliphatic rings. The van der Waals surface area contributed by atoms with E-state index in [9.17, 15) is 0 Å². The summed E-state index contributed by atoms with van der Waals surface area (Å²) in [6, 6.07) is 2.09. The summed E-state index contributed by atoms with van der Waals surface area (Å²) in [6.07, 6.45) is 5.15. The van der Waals surface area contributed by atoms with Gasteiger partial charge in [0.05, 0.1) is 11.6 Å². The van der Waals surface area contributed by atoms with Crippen LogP contribution in [0.5, 0.6) is 0 Å². The number of nitrogens with zero attached hydrogens (tertiary/aromatic N) is 1. The van der Waals surface area contributed by atoms with Crippen molar-refractivity contribution in [1.82, 2.24) is 10.3 Å². The van der Waals surface area contributed by atoms with E-state index in [-0.39, 0.29) is 11.6 Å². The van der Waals surface area contributed by atoms with E-state index in [0.29, 0.717) is 5.82 Å². The molecule has 1 aliphatic heterocycles. The first kappa shape index (κ1) is 13.3. The van der Waals surface area contributed by atoms with Crippen molar-refractivity contribution < 1.29 is 4.74 Å². The highest BCUT2D eigenvalue weighted by molar-refractivity contribution is 5.47. The van der Waals surface area contributed by atoms with E-state index in [4.69, 9.17) is 10.5 Å². The third-order valence-corrected chi connectivity index (χ3v) is 3.93. The van der Waals surface area contributed by atoms with Crippen LogP contribution in [0.2, 0.25) is 0 Å². The second-order valence-electron chi connectivity index (χ2n) is 5.27. The fourth-order valence-corrected chi connectivity index (χ4v) is 2.90. The van der Waals surface area contributed by atoms with Gasteiger partial charge in [-0.1, -0.05) is 0 Å². The van der Waals surface area contributed by atoms with E-state index >= 15 is 0 Å². The Morgan fingerprint density at radius 1 is 1.50 bits per heavy atom. The van der Waals surface area contributed by atoms with Gasteiger partial charge in [-0.15, -0.1) is 0 Å². The van der Waals surface area contributed by atoms with Gasteiger partial charge in [-0.2, -0.15) is 0 Å². The van der Waals surface area contributed by atoms with E-state index < -0.39 is 0 Å². The number of likely N-dealkylation sites (N-methyl/N-ethyl adjacent to an activating group) is 1. The molecule has 0 aliphatic carbocycles. The first-order valence-electron chi connectivity index (χ1n) is 6.60. The minimum Gasteiger partial charge on any atom is -0.383 e. The average Bonchev–Trinajstić information content (AvgIpc) is 2.34. The van der Waals surface area contributed by atoms with E-state index in [1.54, 1.807) is 6.20 Å². The van der Waals surface area contributed by atoms with Crippen molar-refractivity contribution in [2.24, 2.45) is 0 Å². The van der Waals surface area contributed by atoms with Gasteiger partial charge in [0.2, 0.25) is 0 Å². The SMILES string of the molecule is CNC(c1c(C)ccnc1N)C1(C)CCCCO1. The third-order valence-electron chi connectivity index (χ3n) is 3.93. The van der Waals surface area contributed by atoms with Crippen molar-refractivity contribution in [2.45, 2.75) is 44.8 Å². The highest BCUT2D eigenvalue weighted by Crippen LogP contribution is 2.38. The zero-order valence-electron chi connectivity index (χ0n) is 11.5. The Labute approximate surface area is 109 Å². The lowest BCUT2D eigenvalue weighted by Gasteiger charge is -2.41. The summed E-state index contributed by atoms with van der Waals surface area (Å²) in [5, 5.41) is 3.37.